The van der Waals surface area contributed by atoms with Crippen molar-refractivity contribution < 1.29 is 28.5 Å². The summed E-state index contributed by atoms with van der Waals surface area (Å²) in [5, 5.41) is 0.661. The van der Waals surface area contributed by atoms with E-state index < -0.39 is 11.9 Å². The summed E-state index contributed by atoms with van der Waals surface area (Å²) in [5.74, 6) is -0.322. The first-order chi connectivity index (χ1) is 12.0. The molecular formula is C18H21NO6. The highest BCUT2D eigenvalue weighted by molar-refractivity contribution is 6.07. The van der Waals surface area contributed by atoms with Crippen molar-refractivity contribution in [3.8, 4) is 11.5 Å². The Bertz CT molecular complexity index is 815. The van der Waals surface area contributed by atoms with Crippen molar-refractivity contribution in [2.24, 2.45) is 0 Å². The Hall–Kier alpha value is -2.83. The predicted molar refractivity (Wildman–Crippen MR) is 91.5 cm³/mol. The lowest BCUT2D eigenvalue weighted by Crippen LogP contribution is -2.18. The van der Waals surface area contributed by atoms with Crippen LogP contribution < -0.4 is 9.47 Å². The van der Waals surface area contributed by atoms with E-state index in [1.165, 1.54) is 14.2 Å². The maximum absolute atomic E-state index is 12.4. The van der Waals surface area contributed by atoms with Gasteiger partial charge in [0.05, 0.1) is 38.5 Å². The lowest BCUT2D eigenvalue weighted by atomic mass is 10.0. The van der Waals surface area contributed by atoms with Gasteiger partial charge in [0.25, 0.3) is 0 Å². The van der Waals surface area contributed by atoms with Crippen molar-refractivity contribution in [3.05, 3.63) is 29.0 Å². The van der Waals surface area contributed by atoms with Crippen LogP contribution in [0.15, 0.2) is 12.1 Å². The molecule has 0 amide bonds. The van der Waals surface area contributed by atoms with Gasteiger partial charge in [0.1, 0.15) is 0 Å². The largest absolute Gasteiger partial charge is 0.493 e. The van der Waals surface area contributed by atoms with Gasteiger partial charge in [-0.1, -0.05) is 0 Å². The summed E-state index contributed by atoms with van der Waals surface area (Å²) >= 11 is 0. The second-order valence-electron chi connectivity index (χ2n) is 5.13. The number of aromatic nitrogens is 1. The SMILES string of the molecule is CCOC(=O)c1nc2cc(OC)c(OC)cc2c(C)c1C(=O)OCC. The van der Waals surface area contributed by atoms with E-state index in [4.69, 9.17) is 18.9 Å². The third kappa shape index (κ3) is 3.50. The number of carbonyl (C=O) groups is 2. The number of hydrogen-bond donors (Lipinski definition) is 0. The lowest BCUT2D eigenvalue weighted by molar-refractivity contribution is 0.0473. The summed E-state index contributed by atoms with van der Waals surface area (Å²) in [7, 11) is 3.03. The fourth-order valence-electron chi connectivity index (χ4n) is 2.55. The van der Waals surface area contributed by atoms with E-state index in [1.807, 2.05) is 0 Å². The molecule has 0 radical (unpaired) electrons. The van der Waals surface area contributed by atoms with Crippen LogP contribution in [0.2, 0.25) is 0 Å². The molecule has 7 heteroatoms. The second-order valence-corrected chi connectivity index (χ2v) is 5.13. The van der Waals surface area contributed by atoms with Crippen LogP contribution in [0.5, 0.6) is 11.5 Å². The number of esters is 2. The van der Waals surface area contributed by atoms with Crippen LogP contribution in [0.4, 0.5) is 0 Å². The molecule has 0 aliphatic rings. The average Bonchev–Trinajstić information content (AvgIpc) is 2.60. The molecule has 1 aromatic heterocycles. The molecule has 1 aromatic carbocycles. The van der Waals surface area contributed by atoms with E-state index in [9.17, 15) is 9.59 Å². The highest BCUT2D eigenvalue weighted by Crippen LogP contribution is 2.34. The van der Waals surface area contributed by atoms with Gasteiger partial charge in [0.15, 0.2) is 17.2 Å². The molecule has 0 saturated heterocycles. The van der Waals surface area contributed by atoms with E-state index in [0.29, 0.717) is 28.0 Å². The van der Waals surface area contributed by atoms with E-state index in [0.717, 1.165) is 0 Å². The van der Waals surface area contributed by atoms with Crippen LogP contribution in [-0.2, 0) is 9.47 Å². The summed E-state index contributed by atoms with van der Waals surface area (Å²) < 4.78 is 20.7. The Morgan fingerprint density at radius 1 is 0.960 bits per heavy atom. The zero-order valence-electron chi connectivity index (χ0n) is 15.0. The standard InChI is InChI=1S/C18H21NO6/c1-6-24-17(20)15-10(3)11-8-13(22-4)14(23-5)9-12(11)19-16(15)18(21)25-7-2/h8-9H,6-7H2,1-5H3. The Labute approximate surface area is 145 Å². The highest BCUT2D eigenvalue weighted by atomic mass is 16.5. The van der Waals surface area contributed by atoms with Crippen molar-refractivity contribution in [1.82, 2.24) is 4.98 Å². The fraction of sp³-hybridized carbons (Fsp3) is 0.389. The molecule has 0 bridgehead atoms. The first-order valence-electron chi connectivity index (χ1n) is 7.88. The second kappa shape index (κ2) is 7.83. The zero-order chi connectivity index (χ0) is 18.6. The highest BCUT2D eigenvalue weighted by Gasteiger charge is 2.26. The van der Waals surface area contributed by atoms with Gasteiger partial charge >= 0.3 is 11.9 Å². The number of rotatable bonds is 6. The molecule has 0 aliphatic carbocycles. The molecule has 134 valence electrons. The molecule has 0 atom stereocenters. The van der Waals surface area contributed by atoms with Crippen LogP contribution in [0, 0.1) is 6.92 Å². The Morgan fingerprint density at radius 3 is 2.08 bits per heavy atom. The molecule has 0 aliphatic heterocycles. The molecular weight excluding hydrogens is 326 g/mol. The van der Waals surface area contributed by atoms with E-state index >= 15 is 0 Å². The summed E-state index contributed by atoms with van der Waals surface area (Å²) in [6, 6.07) is 3.37. The Balaban J connectivity index is 2.81. The normalized spacial score (nSPS) is 10.4. The number of hydrogen-bond acceptors (Lipinski definition) is 7. The van der Waals surface area contributed by atoms with Gasteiger partial charge in [-0.25, -0.2) is 14.6 Å². The van der Waals surface area contributed by atoms with Crippen molar-refractivity contribution in [2.45, 2.75) is 20.8 Å². The third-order valence-corrected chi connectivity index (χ3v) is 3.70. The third-order valence-electron chi connectivity index (χ3n) is 3.70. The first-order valence-corrected chi connectivity index (χ1v) is 7.88. The molecule has 2 aromatic rings. The zero-order valence-corrected chi connectivity index (χ0v) is 15.0. The minimum Gasteiger partial charge on any atom is -0.493 e. The Kier molecular flexibility index (Phi) is 5.80. The molecule has 0 unspecified atom stereocenters. The molecule has 25 heavy (non-hydrogen) atoms. The van der Waals surface area contributed by atoms with Gasteiger partial charge in [-0.15, -0.1) is 0 Å². The van der Waals surface area contributed by atoms with Crippen LogP contribution >= 0.6 is 0 Å². The van der Waals surface area contributed by atoms with Gasteiger partial charge < -0.3 is 18.9 Å². The summed E-state index contributed by atoms with van der Waals surface area (Å²) in [6.45, 7) is 5.46. The monoisotopic (exact) mass is 347 g/mol. The van der Waals surface area contributed by atoms with Crippen LogP contribution in [0.1, 0.15) is 40.3 Å². The molecule has 0 spiro atoms. The number of pyridine rings is 1. The number of aryl methyl sites for hydroxylation is 1. The van der Waals surface area contributed by atoms with Gasteiger partial charge in [0, 0.05) is 11.5 Å². The quantitative estimate of drug-likeness (QED) is 0.743. The lowest BCUT2D eigenvalue weighted by Gasteiger charge is -2.15. The topological polar surface area (TPSA) is 84.0 Å². The molecule has 1 heterocycles. The molecule has 0 saturated carbocycles. The minimum absolute atomic E-state index is 0.0717. The van der Waals surface area contributed by atoms with Crippen LogP contribution in [0.3, 0.4) is 0 Å². The van der Waals surface area contributed by atoms with Crippen molar-refractivity contribution >= 4 is 22.8 Å². The number of methoxy groups -OCH3 is 2. The first kappa shape index (κ1) is 18.5. The molecule has 2 rings (SSSR count). The van der Waals surface area contributed by atoms with Crippen LogP contribution in [-0.4, -0.2) is 44.4 Å². The smallest absolute Gasteiger partial charge is 0.357 e. The number of ether oxygens (including phenoxy) is 4. The Morgan fingerprint density at radius 2 is 1.52 bits per heavy atom. The number of nitrogens with zero attached hydrogens (tertiary/aromatic N) is 1. The summed E-state index contributed by atoms with van der Waals surface area (Å²) in [6.07, 6.45) is 0. The summed E-state index contributed by atoms with van der Waals surface area (Å²) in [5.41, 5.74) is 1.08. The van der Waals surface area contributed by atoms with Crippen molar-refractivity contribution in [2.75, 3.05) is 27.4 Å². The van der Waals surface area contributed by atoms with Gasteiger partial charge in [0.2, 0.25) is 0 Å². The van der Waals surface area contributed by atoms with Gasteiger partial charge in [-0.05, 0) is 32.4 Å². The van der Waals surface area contributed by atoms with Crippen molar-refractivity contribution in [1.29, 1.82) is 0 Å². The van der Waals surface area contributed by atoms with Crippen LogP contribution in [0.25, 0.3) is 10.9 Å². The van der Waals surface area contributed by atoms with Gasteiger partial charge in [-0.3, -0.25) is 0 Å². The molecule has 0 fully saturated rings. The predicted octanol–water partition coefficient (Wildman–Crippen LogP) is 2.91. The van der Waals surface area contributed by atoms with Crippen molar-refractivity contribution in [3.63, 3.8) is 0 Å². The molecule has 7 nitrogen and oxygen atoms in total. The van der Waals surface area contributed by atoms with E-state index in [1.54, 1.807) is 32.9 Å². The molecule has 0 N–H and O–H groups in total. The average molecular weight is 347 g/mol. The summed E-state index contributed by atoms with van der Waals surface area (Å²) in [4.78, 5) is 29.0. The number of carbonyl (C=O) groups excluding carboxylic acids is 2. The number of benzene rings is 1. The maximum atomic E-state index is 12.4. The minimum atomic E-state index is -0.676. The fourth-order valence-corrected chi connectivity index (χ4v) is 2.55. The maximum Gasteiger partial charge on any atom is 0.357 e. The van der Waals surface area contributed by atoms with E-state index in [-0.39, 0.29) is 24.5 Å². The number of fused-ring (bicyclic) bond motifs is 1. The van der Waals surface area contributed by atoms with E-state index in [2.05, 4.69) is 4.98 Å². The van der Waals surface area contributed by atoms with Gasteiger partial charge in [-0.2, -0.15) is 0 Å².